The van der Waals surface area contributed by atoms with E-state index in [-0.39, 0.29) is 11.5 Å². The zero-order valence-corrected chi connectivity index (χ0v) is 8.97. The van der Waals surface area contributed by atoms with E-state index in [0.717, 1.165) is 12.5 Å². The van der Waals surface area contributed by atoms with E-state index in [1.807, 2.05) is 6.92 Å². The van der Waals surface area contributed by atoms with E-state index in [2.05, 4.69) is 0 Å². The molecule has 2 nitrogen and oxygen atoms in total. The Morgan fingerprint density at radius 2 is 2.06 bits per heavy atom. The third kappa shape index (κ3) is 1.93. The van der Waals surface area contributed by atoms with E-state index in [1.54, 1.807) is 6.07 Å². The van der Waals surface area contributed by atoms with Crippen LogP contribution in [0.4, 0.5) is 8.78 Å². The van der Waals surface area contributed by atoms with Gasteiger partial charge in [-0.2, -0.15) is 0 Å². The molecular formula is C12H13F2NO. The lowest BCUT2D eigenvalue weighted by Crippen LogP contribution is -2.03. The fourth-order valence-corrected chi connectivity index (χ4v) is 1.72. The van der Waals surface area contributed by atoms with Gasteiger partial charge in [0.25, 0.3) is 0 Å². The molecule has 2 aromatic rings. The Kier molecular flexibility index (Phi) is 2.92. The zero-order valence-electron chi connectivity index (χ0n) is 8.97. The van der Waals surface area contributed by atoms with Gasteiger partial charge >= 0.3 is 0 Å². The molecule has 1 aromatic heterocycles. The highest BCUT2D eigenvalue weighted by molar-refractivity contribution is 5.78. The van der Waals surface area contributed by atoms with Gasteiger partial charge < -0.3 is 10.2 Å². The summed E-state index contributed by atoms with van der Waals surface area (Å²) in [5.74, 6) is -0.466. The van der Waals surface area contributed by atoms with E-state index >= 15 is 0 Å². The third-order valence-corrected chi connectivity index (χ3v) is 2.66. The van der Waals surface area contributed by atoms with Crippen molar-refractivity contribution in [1.82, 2.24) is 0 Å². The van der Waals surface area contributed by atoms with Crippen molar-refractivity contribution in [2.45, 2.75) is 19.3 Å². The lowest BCUT2D eigenvalue weighted by molar-refractivity contribution is 0.490. The van der Waals surface area contributed by atoms with Gasteiger partial charge in [0.15, 0.2) is 0 Å². The van der Waals surface area contributed by atoms with E-state index in [1.165, 1.54) is 6.07 Å². The van der Waals surface area contributed by atoms with Gasteiger partial charge in [0, 0.05) is 18.1 Å². The number of hydrogen-bond acceptors (Lipinski definition) is 2. The van der Waals surface area contributed by atoms with Crippen LogP contribution < -0.4 is 5.73 Å². The smallest absolute Gasteiger partial charge is 0.140 e. The Hall–Kier alpha value is -1.42. The molecule has 86 valence electrons. The van der Waals surface area contributed by atoms with Gasteiger partial charge in [-0.05, 0) is 19.0 Å². The molecular weight excluding hydrogens is 212 g/mol. The largest absolute Gasteiger partial charge is 0.461 e. The standard InChI is InChI=1S/C12H13F2NO/c1-7(2-3-15)11-6-9-10(14)4-8(13)5-12(9)16-11/h4-7H,2-3,15H2,1H3. The summed E-state index contributed by atoms with van der Waals surface area (Å²) in [5, 5.41) is 0.320. The van der Waals surface area contributed by atoms with Gasteiger partial charge in [0.05, 0.1) is 5.39 Å². The highest BCUT2D eigenvalue weighted by atomic mass is 19.1. The highest BCUT2D eigenvalue weighted by Crippen LogP contribution is 2.28. The molecule has 1 unspecified atom stereocenters. The van der Waals surface area contributed by atoms with Gasteiger partial charge in [0.1, 0.15) is 23.0 Å². The van der Waals surface area contributed by atoms with E-state index in [0.29, 0.717) is 17.7 Å². The molecule has 0 saturated carbocycles. The van der Waals surface area contributed by atoms with Crippen LogP contribution in [-0.4, -0.2) is 6.54 Å². The molecule has 1 aromatic carbocycles. The summed E-state index contributed by atoms with van der Waals surface area (Å²) in [6, 6.07) is 3.66. The average molecular weight is 225 g/mol. The number of hydrogen-bond donors (Lipinski definition) is 1. The maximum absolute atomic E-state index is 13.4. The Balaban J connectivity index is 2.47. The van der Waals surface area contributed by atoms with Crippen LogP contribution in [0, 0.1) is 11.6 Å². The summed E-state index contributed by atoms with van der Waals surface area (Å²) in [4.78, 5) is 0. The number of furan rings is 1. The summed E-state index contributed by atoms with van der Waals surface area (Å²) >= 11 is 0. The van der Waals surface area contributed by atoms with Crippen LogP contribution in [0.3, 0.4) is 0 Å². The predicted molar refractivity (Wildman–Crippen MR) is 58.2 cm³/mol. The Labute approximate surface area is 92.0 Å². The van der Waals surface area contributed by atoms with Crippen LogP contribution in [0.15, 0.2) is 22.6 Å². The predicted octanol–water partition coefficient (Wildman–Crippen LogP) is 3.16. The molecule has 0 radical (unpaired) electrons. The number of rotatable bonds is 3. The van der Waals surface area contributed by atoms with Gasteiger partial charge in [-0.3, -0.25) is 0 Å². The lowest BCUT2D eigenvalue weighted by atomic mass is 10.1. The Bertz CT molecular complexity index is 507. The minimum Gasteiger partial charge on any atom is -0.461 e. The molecule has 2 rings (SSSR count). The molecule has 4 heteroatoms. The molecule has 2 N–H and O–H groups in total. The van der Waals surface area contributed by atoms with Gasteiger partial charge in [-0.25, -0.2) is 8.78 Å². The first-order chi connectivity index (χ1) is 7.61. The first kappa shape index (κ1) is 11.1. The van der Waals surface area contributed by atoms with E-state index < -0.39 is 11.6 Å². The molecule has 0 bridgehead atoms. The van der Waals surface area contributed by atoms with Crippen molar-refractivity contribution in [3.63, 3.8) is 0 Å². The maximum atomic E-state index is 13.4. The van der Waals surface area contributed by atoms with Crippen LogP contribution in [-0.2, 0) is 0 Å². The topological polar surface area (TPSA) is 39.2 Å². The van der Waals surface area contributed by atoms with Crippen molar-refractivity contribution >= 4 is 11.0 Å². The maximum Gasteiger partial charge on any atom is 0.140 e. The fourth-order valence-electron chi connectivity index (χ4n) is 1.72. The van der Waals surface area contributed by atoms with Crippen molar-refractivity contribution in [2.24, 2.45) is 5.73 Å². The zero-order chi connectivity index (χ0) is 11.7. The minimum absolute atomic E-state index is 0.111. The van der Waals surface area contributed by atoms with Crippen molar-refractivity contribution in [2.75, 3.05) is 6.54 Å². The molecule has 0 amide bonds. The van der Waals surface area contributed by atoms with Crippen molar-refractivity contribution in [3.8, 4) is 0 Å². The van der Waals surface area contributed by atoms with E-state index in [9.17, 15) is 8.78 Å². The first-order valence-electron chi connectivity index (χ1n) is 5.20. The summed E-state index contributed by atoms with van der Waals surface area (Å²) in [6.07, 6.45) is 0.754. The third-order valence-electron chi connectivity index (χ3n) is 2.66. The van der Waals surface area contributed by atoms with Gasteiger partial charge in [-0.1, -0.05) is 6.92 Å². The fraction of sp³-hybridized carbons (Fsp3) is 0.333. The number of benzene rings is 1. The van der Waals surface area contributed by atoms with Crippen LogP contribution in [0.2, 0.25) is 0 Å². The summed E-state index contributed by atoms with van der Waals surface area (Å²) < 4.78 is 31.7. The van der Waals surface area contributed by atoms with Crippen molar-refractivity contribution in [1.29, 1.82) is 0 Å². The highest BCUT2D eigenvalue weighted by Gasteiger charge is 2.14. The molecule has 0 fully saturated rings. The summed E-state index contributed by atoms with van der Waals surface area (Å²) in [7, 11) is 0. The van der Waals surface area contributed by atoms with Crippen LogP contribution in [0.1, 0.15) is 25.0 Å². The second-order valence-corrected chi connectivity index (χ2v) is 3.93. The molecule has 0 aliphatic rings. The number of nitrogens with two attached hydrogens (primary N) is 1. The quantitative estimate of drug-likeness (QED) is 0.871. The molecule has 1 atom stereocenters. The normalized spacial score (nSPS) is 13.2. The molecule has 0 aliphatic carbocycles. The SMILES string of the molecule is CC(CCN)c1cc2c(F)cc(F)cc2o1. The second-order valence-electron chi connectivity index (χ2n) is 3.93. The molecule has 1 heterocycles. The average Bonchev–Trinajstić information content (AvgIpc) is 2.62. The summed E-state index contributed by atoms with van der Waals surface area (Å²) in [6.45, 7) is 2.48. The van der Waals surface area contributed by atoms with Gasteiger partial charge in [0.2, 0.25) is 0 Å². The minimum atomic E-state index is -0.627. The molecule has 0 spiro atoms. The van der Waals surface area contributed by atoms with Crippen LogP contribution >= 0.6 is 0 Å². The number of fused-ring (bicyclic) bond motifs is 1. The first-order valence-corrected chi connectivity index (χ1v) is 5.20. The van der Waals surface area contributed by atoms with Crippen molar-refractivity contribution in [3.05, 3.63) is 35.6 Å². The van der Waals surface area contributed by atoms with Crippen LogP contribution in [0.25, 0.3) is 11.0 Å². The number of halogens is 2. The van der Waals surface area contributed by atoms with Crippen LogP contribution in [0.5, 0.6) is 0 Å². The Morgan fingerprint density at radius 3 is 2.75 bits per heavy atom. The Morgan fingerprint density at radius 1 is 1.31 bits per heavy atom. The second kappa shape index (κ2) is 4.22. The summed E-state index contributed by atoms with van der Waals surface area (Å²) in [5.41, 5.74) is 5.69. The lowest BCUT2D eigenvalue weighted by Gasteiger charge is -2.04. The molecule has 0 saturated heterocycles. The monoisotopic (exact) mass is 225 g/mol. The van der Waals surface area contributed by atoms with Gasteiger partial charge in [-0.15, -0.1) is 0 Å². The molecule has 16 heavy (non-hydrogen) atoms. The van der Waals surface area contributed by atoms with Crippen molar-refractivity contribution < 1.29 is 13.2 Å². The van der Waals surface area contributed by atoms with E-state index in [4.69, 9.17) is 10.2 Å². The molecule has 0 aliphatic heterocycles.